The lowest BCUT2D eigenvalue weighted by Gasteiger charge is -2.44. The molecule has 32 heavy (non-hydrogen) atoms. The van der Waals surface area contributed by atoms with Gasteiger partial charge in [0.2, 0.25) is 0 Å². The van der Waals surface area contributed by atoms with Crippen molar-refractivity contribution in [1.29, 1.82) is 0 Å². The van der Waals surface area contributed by atoms with E-state index in [9.17, 15) is 0 Å². The topological polar surface area (TPSA) is 9.86 Å². The highest BCUT2D eigenvalue weighted by molar-refractivity contribution is 6.82. The molecule has 2 heterocycles. The van der Waals surface area contributed by atoms with Crippen molar-refractivity contribution < 1.29 is 0 Å². The fraction of sp³-hybridized carbons (Fsp3) is 0.643. The molecule has 0 saturated carbocycles. The minimum absolute atomic E-state index is 0.687. The molecule has 0 amide bonds. The lowest BCUT2D eigenvalue weighted by atomic mass is 10.1. The van der Waals surface area contributed by atoms with Crippen LogP contribution in [0.2, 0.25) is 33.2 Å². The smallest absolute Gasteiger partial charge is 0.168 e. The van der Waals surface area contributed by atoms with Crippen LogP contribution in [0.15, 0.2) is 43.5 Å². The molecule has 0 spiro atoms. The van der Waals surface area contributed by atoms with Crippen molar-refractivity contribution in [2.75, 3.05) is 0 Å². The average molecular weight is 471 g/mol. The highest BCUT2D eigenvalue weighted by atomic mass is 28.3. The molecule has 2 aromatic heterocycles. The Hall–Kier alpha value is -1.27. The Bertz CT molecular complexity index is 780. The molecule has 0 saturated heterocycles. The zero-order valence-electron chi connectivity index (χ0n) is 23.0. The second-order valence-electron chi connectivity index (χ2n) is 11.8. The van der Waals surface area contributed by atoms with Crippen molar-refractivity contribution in [3.63, 3.8) is 0 Å². The Balaban J connectivity index is 2.50. The van der Waals surface area contributed by atoms with Crippen LogP contribution in [0.25, 0.3) is 5.57 Å². The molecule has 0 aromatic carbocycles. The highest BCUT2D eigenvalue weighted by Crippen LogP contribution is 2.44. The predicted molar refractivity (Wildman–Crippen MR) is 150 cm³/mol. The third-order valence-electron chi connectivity index (χ3n) is 8.53. The van der Waals surface area contributed by atoms with Crippen molar-refractivity contribution in [3.05, 3.63) is 54.6 Å². The van der Waals surface area contributed by atoms with Gasteiger partial charge >= 0.3 is 0 Å². The average Bonchev–Trinajstić information content (AvgIpc) is 3.31. The summed E-state index contributed by atoms with van der Waals surface area (Å²) in [6, 6.07) is 4.60. The fourth-order valence-electron chi connectivity index (χ4n) is 7.59. The summed E-state index contributed by atoms with van der Waals surface area (Å²) in [5.41, 5.74) is 7.82. The van der Waals surface area contributed by atoms with Gasteiger partial charge in [0.25, 0.3) is 0 Å². The largest absolute Gasteiger partial charge is 0.379 e. The summed E-state index contributed by atoms with van der Waals surface area (Å²) in [5, 5.41) is 0. The quantitative estimate of drug-likeness (QED) is 0.306. The van der Waals surface area contributed by atoms with E-state index in [0.29, 0.717) is 33.2 Å². The van der Waals surface area contributed by atoms with Gasteiger partial charge in [-0.25, -0.2) is 0 Å². The van der Waals surface area contributed by atoms with E-state index < -0.39 is 16.5 Å². The first-order valence-electron chi connectivity index (χ1n) is 12.8. The van der Waals surface area contributed by atoms with Crippen LogP contribution in [0.3, 0.4) is 0 Å². The van der Waals surface area contributed by atoms with Crippen LogP contribution in [-0.4, -0.2) is 24.9 Å². The summed E-state index contributed by atoms with van der Waals surface area (Å²) >= 11 is 0. The van der Waals surface area contributed by atoms with Crippen LogP contribution >= 0.6 is 0 Å². The normalized spacial score (nSPS) is 13.6. The molecule has 180 valence electrons. The minimum Gasteiger partial charge on any atom is -0.379 e. The van der Waals surface area contributed by atoms with Crippen LogP contribution in [0, 0.1) is 0 Å². The van der Waals surface area contributed by atoms with E-state index >= 15 is 0 Å². The molecule has 0 fully saturated rings. The molecule has 0 atom stereocenters. The van der Waals surface area contributed by atoms with Gasteiger partial charge in [-0.2, -0.15) is 0 Å². The van der Waals surface area contributed by atoms with Gasteiger partial charge in [-0.05, 0) is 74.5 Å². The van der Waals surface area contributed by atoms with E-state index in [4.69, 9.17) is 0 Å². The molecule has 2 rings (SSSR count). The van der Waals surface area contributed by atoms with E-state index in [2.05, 4.69) is 135 Å². The van der Waals surface area contributed by atoms with Crippen LogP contribution in [0.5, 0.6) is 0 Å². The Kier molecular flexibility index (Phi) is 8.37. The van der Waals surface area contributed by atoms with Gasteiger partial charge in [0.15, 0.2) is 16.5 Å². The molecular formula is C28H50N2Si2. The van der Waals surface area contributed by atoms with E-state index in [0.717, 1.165) is 5.57 Å². The van der Waals surface area contributed by atoms with Gasteiger partial charge in [-0.3, -0.25) is 0 Å². The molecule has 0 aliphatic heterocycles. The number of nitrogens with zero attached hydrogens (tertiary/aromatic N) is 2. The second kappa shape index (κ2) is 9.93. The lowest BCUT2D eigenvalue weighted by molar-refractivity contribution is 0.765. The van der Waals surface area contributed by atoms with E-state index in [1.165, 1.54) is 11.1 Å². The molecule has 0 radical (unpaired) electrons. The number of hydrogen-bond donors (Lipinski definition) is 0. The van der Waals surface area contributed by atoms with Crippen LogP contribution in [-0.2, 0) is 0 Å². The Labute approximate surface area is 201 Å². The van der Waals surface area contributed by atoms with Gasteiger partial charge in [-0.1, -0.05) is 89.7 Å². The van der Waals surface area contributed by atoms with E-state index in [1.807, 2.05) is 0 Å². The second-order valence-corrected chi connectivity index (χ2v) is 23.3. The van der Waals surface area contributed by atoms with Gasteiger partial charge in [0.1, 0.15) is 0 Å². The Morgan fingerprint density at radius 3 is 1.03 bits per heavy atom. The zero-order chi connectivity index (χ0) is 24.6. The van der Waals surface area contributed by atoms with Gasteiger partial charge < -0.3 is 8.47 Å². The van der Waals surface area contributed by atoms with Crippen molar-refractivity contribution in [3.8, 4) is 0 Å². The maximum atomic E-state index is 4.56. The molecule has 2 aromatic rings. The summed E-state index contributed by atoms with van der Waals surface area (Å²) in [6.45, 7) is 33.7. The number of aromatic nitrogens is 2. The standard InChI is InChI=1S/C28H50N2Si2/c1-20(2)31(21(3)4,22(5)6)29-16-14-27(18-29)26(13)28-15-17-30(19-28)32(23(7)8,24(9)10)25(11)12/h14-25H,13H2,1-12H3. The van der Waals surface area contributed by atoms with E-state index in [-0.39, 0.29) is 0 Å². The SMILES string of the molecule is C=C(c1ccn([Si](C(C)C)(C(C)C)C(C)C)c1)c1ccn([Si](C(C)C)(C(C)C)C(C)C)c1. The van der Waals surface area contributed by atoms with Gasteiger partial charge in [0.05, 0.1) is 0 Å². The summed E-state index contributed by atoms with van der Waals surface area (Å²) in [6.07, 6.45) is 9.51. The minimum atomic E-state index is -1.72. The Morgan fingerprint density at radius 1 is 0.562 bits per heavy atom. The first-order chi connectivity index (χ1) is 14.7. The lowest BCUT2D eigenvalue weighted by Crippen LogP contribution is -2.51. The first kappa shape index (κ1) is 27.0. The fourth-order valence-corrected chi connectivity index (χ4v) is 20.6. The molecule has 4 heteroatoms. The zero-order valence-corrected chi connectivity index (χ0v) is 25.0. The molecular weight excluding hydrogens is 420 g/mol. The summed E-state index contributed by atoms with van der Waals surface area (Å²) in [5.74, 6) is 0. The van der Waals surface area contributed by atoms with Crippen LogP contribution < -0.4 is 0 Å². The summed E-state index contributed by atoms with van der Waals surface area (Å²) in [7, 11) is -3.44. The molecule has 0 bridgehead atoms. The molecule has 0 aliphatic rings. The first-order valence-corrected chi connectivity index (χ1v) is 17.2. The van der Waals surface area contributed by atoms with E-state index in [1.54, 1.807) is 0 Å². The summed E-state index contributed by atoms with van der Waals surface area (Å²) < 4.78 is 5.25. The monoisotopic (exact) mass is 470 g/mol. The van der Waals surface area contributed by atoms with Crippen molar-refractivity contribution in [2.24, 2.45) is 0 Å². The van der Waals surface area contributed by atoms with Crippen molar-refractivity contribution >= 4 is 22.0 Å². The predicted octanol–water partition coefficient (Wildman–Crippen LogP) is 9.40. The van der Waals surface area contributed by atoms with Gasteiger partial charge in [0, 0.05) is 12.4 Å². The van der Waals surface area contributed by atoms with Gasteiger partial charge in [-0.15, -0.1) is 0 Å². The van der Waals surface area contributed by atoms with Crippen molar-refractivity contribution in [1.82, 2.24) is 8.47 Å². The van der Waals surface area contributed by atoms with Crippen molar-refractivity contribution in [2.45, 2.75) is 116 Å². The van der Waals surface area contributed by atoms with Crippen LogP contribution in [0.1, 0.15) is 94.2 Å². The highest BCUT2D eigenvalue weighted by Gasteiger charge is 2.46. The molecule has 0 unspecified atom stereocenters. The number of rotatable bonds is 10. The molecule has 2 nitrogen and oxygen atoms in total. The molecule has 0 N–H and O–H groups in total. The third kappa shape index (κ3) is 4.18. The Morgan fingerprint density at radius 2 is 0.812 bits per heavy atom. The van der Waals surface area contributed by atoms with Crippen LogP contribution in [0.4, 0.5) is 0 Å². The number of hydrogen-bond acceptors (Lipinski definition) is 0. The maximum absolute atomic E-state index is 4.56. The third-order valence-corrected chi connectivity index (χ3v) is 22.0. The maximum Gasteiger partial charge on any atom is 0.168 e. The summed E-state index contributed by atoms with van der Waals surface area (Å²) in [4.78, 5) is 0. The molecule has 0 aliphatic carbocycles.